The second-order valence-corrected chi connectivity index (χ2v) is 6.23. The SMILES string of the molecule is Cc1cccc(C(=O)N2CCC(N3CCNCC3)C2)c1C. The molecule has 0 bridgehead atoms. The van der Waals surface area contributed by atoms with Gasteiger partial charge in [-0.3, -0.25) is 9.69 Å². The summed E-state index contributed by atoms with van der Waals surface area (Å²) in [5.41, 5.74) is 3.18. The van der Waals surface area contributed by atoms with E-state index < -0.39 is 0 Å². The number of nitrogens with zero attached hydrogens (tertiary/aromatic N) is 2. The van der Waals surface area contributed by atoms with Crippen LogP contribution in [0.4, 0.5) is 0 Å². The van der Waals surface area contributed by atoms with Crippen LogP contribution < -0.4 is 5.32 Å². The molecule has 2 aliphatic heterocycles. The molecule has 2 aliphatic rings. The van der Waals surface area contributed by atoms with Crippen molar-refractivity contribution in [1.82, 2.24) is 15.1 Å². The Kier molecular flexibility index (Phi) is 4.27. The summed E-state index contributed by atoms with van der Waals surface area (Å²) in [4.78, 5) is 17.3. The van der Waals surface area contributed by atoms with Gasteiger partial charge in [0.25, 0.3) is 5.91 Å². The van der Waals surface area contributed by atoms with Crippen LogP contribution in [0.3, 0.4) is 0 Å². The molecule has 1 amide bonds. The van der Waals surface area contributed by atoms with Gasteiger partial charge in [0, 0.05) is 50.9 Å². The summed E-state index contributed by atoms with van der Waals surface area (Å²) >= 11 is 0. The summed E-state index contributed by atoms with van der Waals surface area (Å²) in [5, 5.41) is 3.39. The summed E-state index contributed by atoms with van der Waals surface area (Å²) in [5.74, 6) is 0.203. The van der Waals surface area contributed by atoms with Crippen LogP contribution >= 0.6 is 0 Å². The highest BCUT2D eigenvalue weighted by Crippen LogP contribution is 2.21. The molecule has 1 unspecified atom stereocenters. The lowest BCUT2D eigenvalue weighted by molar-refractivity contribution is 0.0772. The zero-order valence-corrected chi connectivity index (χ0v) is 13.1. The molecule has 0 spiro atoms. The van der Waals surface area contributed by atoms with Crippen LogP contribution in [0.5, 0.6) is 0 Å². The number of carbonyl (C=O) groups is 1. The molecule has 114 valence electrons. The third-order valence-electron chi connectivity index (χ3n) is 4.95. The Labute approximate surface area is 127 Å². The summed E-state index contributed by atoms with van der Waals surface area (Å²) < 4.78 is 0. The zero-order valence-electron chi connectivity index (χ0n) is 13.1. The lowest BCUT2D eigenvalue weighted by Gasteiger charge is -2.32. The largest absolute Gasteiger partial charge is 0.337 e. The summed E-state index contributed by atoms with van der Waals surface area (Å²) in [6.07, 6.45) is 1.11. The number of nitrogens with one attached hydrogen (secondary N) is 1. The van der Waals surface area contributed by atoms with Crippen molar-refractivity contribution < 1.29 is 4.79 Å². The van der Waals surface area contributed by atoms with Crippen LogP contribution in [-0.4, -0.2) is 61.0 Å². The fourth-order valence-electron chi connectivity index (χ4n) is 3.42. The highest BCUT2D eigenvalue weighted by atomic mass is 16.2. The lowest BCUT2D eigenvalue weighted by Crippen LogP contribution is -2.49. The number of hydrogen-bond acceptors (Lipinski definition) is 3. The summed E-state index contributed by atoms with van der Waals surface area (Å²) in [6.45, 7) is 10.2. The first-order valence-corrected chi connectivity index (χ1v) is 7.97. The predicted molar refractivity (Wildman–Crippen MR) is 84.7 cm³/mol. The third kappa shape index (κ3) is 2.97. The van der Waals surface area contributed by atoms with Crippen molar-refractivity contribution in [2.45, 2.75) is 26.3 Å². The molecule has 1 N–H and O–H groups in total. The number of aryl methyl sites for hydroxylation is 1. The normalized spacial score (nSPS) is 23.5. The van der Waals surface area contributed by atoms with E-state index >= 15 is 0 Å². The smallest absolute Gasteiger partial charge is 0.254 e. The molecule has 4 nitrogen and oxygen atoms in total. The van der Waals surface area contributed by atoms with E-state index in [1.54, 1.807) is 0 Å². The molecule has 2 heterocycles. The number of benzene rings is 1. The fourth-order valence-corrected chi connectivity index (χ4v) is 3.42. The van der Waals surface area contributed by atoms with Crippen molar-refractivity contribution in [3.8, 4) is 0 Å². The van der Waals surface area contributed by atoms with E-state index in [-0.39, 0.29) is 5.91 Å². The molecular formula is C17H25N3O. The Hall–Kier alpha value is -1.39. The van der Waals surface area contributed by atoms with E-state index in [2.05, 4.69) is 23.2 Å². The Morgan fingerprint density at radius 1 is 1.19 bits per heavy atom. The van der Waals surface area contributed by atoms with Gasteiger partial charge in [0.15, 0.2) is 0 Å². The molecule has 2 fully saturated rings. The van der Waals surface area contributed by atoms with Gasteiger partial charge in [-0.25, -0.2) is 0 Å². The van der Waals surface area contributed by atoms with Crippen LogP contribution in [0.25, 0.3) is 0 Å². The Bertz CT molecular complexity index is 523. The second kappa shape index (κ2) is 6.16. The molecular weight excluding hydrogens is 262 g/mol. The Morgan fingerprint density at radius 3 is 2.71 bits per heavy atom. The second-order valence-electron chi connectivity index (χ2n) is 6.23. The van der Waals surface area contributed by atoms with E-state index in [0.29, 0.717) is 6.04 Å². The molecule has 0 aromatic heterocycles. The fraction of sp³-hybridized carbons (Fsp3) is 0.588. The van der Waals surface area contributed by atoms with Crippen LogP contribution in [0.15, 0.2) is 18.2 Å². The maximum absolute atomic E-state index is 12.7. The molecule has 21 heavy (non-hydrogen) atoms. The van der Waals surface area contributed by atoms with Crippen LogP contribution in [-0.2, 0) is 0 Å². The van der Waals surface area contributed by atoms with Gasteiger partial charge in [-0.1, -0.05) is 12.1 Å². The monoisotopic (exact) mass is 287 g/mol. The third-order valence-corrected chi connectivity index (χ3v) is 4.95. The molecule has 1 aromatic carbocycles. The molecule has 0 radical (unpaired) electrons. The molecule has 1 aromatic rings. The topological polar surface area (TPSA) is 35.6 Å². The number of carbonyl (C=O) groups excluding carboxylic acids is 1. The van der Waals surface area contributed by atoms with E-state index in [4.69, 9.17) is 0 Å². The highest BCUT2D eigenvalue weighted by molar-refractivity contribution is 5.96. The van der Waals surface area contributed by atoms with Crippen LogP contribution in [0.2, 0.25) is 0 Å². The Balaban J connectivity index is 1.68. The number of rotatable bonds is 2. The number of amides is 1. The van der Waals surface area contributed by atoms with E-state index in [1.807, 2.05) is 24.0 Å². The molecule has 3 rings (SSSR count). The number of likely N-dealkylation sites (tertiary alicyclic amines) is 1. The number of hydrogen-bond donors (Lipinski definition) is 1. The highest BCUT2D eigenvalue weighted by Gasteiger charge is 2.31. The molecule has 4 heteroatoms. The van der Waals surface area contributed by atoms with Gasteiger partial charge in [-0.05, 0) is 37.5 Å². The molecule has 1 atom stereocenters. The minimum Gasteiger partial charge on any atom is -0.337 e. The average Bonchev–Trinajstić information content (AvgIpc) is 3.00. The van der Waals surface area contributed by atoms with Crippen LogP contribution in [0.1, 0.15) is 27.9 Å². The maximum atomic E-state index is 12.7. The maximum Gasteiger partial charge on any atom is 0.254 e. The van der Waals surface area contributed by atoms with Crippen LogP contribution in [0, 0.1) is 13.8 Å². The van der Waals surface area contributed by atoms with E-state index in [9.17, 15) is 4.79 Å². The zero-order chi connectivity index (χ0) is 14.8. The van der Waals surface area contributed by atoms with Gasteiger partial charge < -0.3 is 10.2 Å². The van der Waals surface area contributed by atoms with Crippen molar-refractivity contribution >= 4 is 5.91 Å². The average molecular weight is 287 g/mol. The summed E-state index contributed by atoms with van der Waals surface area (Å²) in [6, 6.07) is 6.56. The van der Waals surface area contributed by atoms with Crippen molar-refractivity contribution in [1.29, 1.82) is 0 Å². The van der Waals surface area contributed by atoms with Crippen molar-refractivity contribution in [2.75, 3.05) is 39.3 Å². The first kappa shape index (κ1) is 14.5. The number of piperazine rings is 1. The van der Waals surface area contributed by atoms with Crippen molar-refractivity contribution in [3.05, 3.63) is 34.9 Å². The van der Waals surface area contributed by atoms with Gasteiger partial charge in [0.2, 0.25) is 0 Å². The minimum absolute atomic E-state index is 0.203. The lowest BCUT2D eigenvalue weighted by atomic mass is 10.0. The predicted octanol–water partition coefficient (Wildman–Crippen LogP) is 1.42. The van der Waals surface area contributed by atoms with E-state index in [0.717, 1.165) is 56.8 Å². The van der Waals surface area contributed by atoms with Crippen molar-refractivity contribution in [2.24, 2.45) is 0 Å². The van der Waals surface area contributed by atoms with Gasteiger partial charge in [-0.15, -0.1) is 0 Å². The summed E-state index contributed by atoms with van der Waals surface area (Å²) in [7, 11) is 0. The standard InChI is InChI=1S/C17H25N3O/c1-13-4-3-5-16(14(13)2)17(21)20-9-6-15(12-20)19-10-7-18-8-11-19/h3-5,15,18H,6-12H2,1-2H3. The van der Waals surface area contributed by atoms with Gasteiger partial charge in [0.05, 0.1) is 0 Å². The first-order valence-electron chi connectivity index (χ1n) is 7.97. The quantitative estimate of drug-likeness (QED) is 0.893. The molecule has 0 saturated carbocycles. The minimum atomic E-state index is 0.203. The first-order chi connectivity index (χ1) is 10.2. The van der Waals surface area contributed by atoms with Crippen molar-refractivity contribution in [3.63, 3.8) is 0 Å². The molecule has 2 saturated heterocycles. The Morgan fingerprint density at radius 2 is 1.95 bits per heavy atom. The molecule has 0 aliphatic carbocycles. The van der Waals surface area contributed by atoms with Gasteiger partial charge in [-0.2, -0.15) is 0 Å². The van der Waals surface area contributed by atoms with Gasteiger partial charge >= 0.3 is 0 Å². The van der Waals surface area contributed by atoms with Gasteiger partial charge in [0.1, 0.15) is 0 Å². The van der Waals surface area contributed by atoms with E-state index in [1.165, 1.54) is 5.56 Å².